The minimum Gasteiger partial charge on any atom is -0.464 e. The van der Waals surface area contributed by atoms with Crippen molar-refractivity contribution in [1.82, 2.24) is 0 Å². The Hall–Kier alpha value is -2.53. The molecule has 10 heteroatoms. The van der Waals surface area contributed by atoms with E-state index in [1.807, 2.05) is 0 Å². The number of Topliss-reactive ketones (excluding diaryl/α,β-unsaturated/α-hetero) is 1. The van der Waals surface area contributed by atoms with Crippen molar-refractivity contribution >= 4 is 17.7 Å². The van der Waals surface area contributed by atoms with Crippen LogP contribution in [-0.2, 0) is 23.8 Å². The van der Waals surface area contributed by atoms with Gasteiger partial charge in [0.05, 0.1) is 19.6 Å². The Morgan fingerprint density at radius 1 is 1.23 bits per heavy atom. The Morgan fingerprint density at radius 3 is 2.40 bits per heavy atom. The van der Waals surface area contributed by atoms with Crippen molar-refractivity contribution in [1.29, 1.82) is 0 Å². The van der Waals surface area contributed by atoms with Gasteiger partial charge in [-0.3, -0.25) is 9.59 Å². The molecule has 1 unspecified atom stereocenters. The third-order valence-electron chi connectivity index (χ3n) is 4.65. The van der Waals surface area contributed by atoms with Gasteiger partial charge in [0.15, 0.2) is 5.78 Å². The Kier molecular flexibility index (Phi) is 7.90. The number of aliphatic hydroxyl groups is 3. The molecule has 0 saturated carbocycles. The zero-order valence-electron chi connectivity index (χ0n) is 16.9. The molecule has 166 valence electrons. The van der Waals surface area contributed by atoms with Gasteiger partial charge < -0.3 is 34.3 Å². The van der Waals surface area contributed by atoms with Crippen LogP contribution in [-0.4, -0.2) is 77.0 Å². The van der Waals surface area contributed by atoms with Crippen LogP contribution in [0.15, 0.2) is 24.3 Å². The van der Waals surface area contributed by atoms with Crippen molar-refractivity contribution in [2.75, 3.05) is 13.7 Å². The van der Waals surface area contributed by atoms with Crippen molar-refractivity contribution in [2.24, 2.45) is 0 Å². The van der Waals surface area contributed by atoms with E-state index < -0.39 is 55.2 Å². The van der Waals surface area contributed by atoms with E-state index in [9.17, 15) is 29.7 Å². The minimum absolute atomic E-state index is 0.0784. The van der Waals surface area contributed by atoms with Crippen molar-refractivity contribution in [3.63, 3.8) is 0 Å². The fraction of sp³-hybridized carbons (Fsp3) is 0.550. The predicted octanol–water partition coefficient (Wildman–Crippen LogP) is -0.0379. The van der Waals surface area contributed by atoms with Gasteiger partial charge in [-0.25, -0.2) is 4.79 Å². The largest absolute Gasteiger partial charge is 0.464 e. The molecule has 30 heavy (non-hydrogen) atoms. The number of benzene rings is 1. The molecule has 1 fully saturated rings. The first kappa shape index (κ1) is 23.7. The standard InChI is InChI=1S/C20H26O10/c1-4-14(22)12-5-7-13(8-6-12)29-20(19(26)27-3)9-15(23)17(25)18(30-20)16(24)10-28-11(2)21/h5-8,15-18,23-25H,4,9-10H2,1-3H3/t15-,16-,17-,18?,20-/m1/s1. The van der Waals surface area contributed by atoms with Gasteiger partial charge in [-0.2, -0.15) is 0 Å². The lowest BCUT2D eigenvalue weighted by atomic mass is 9.92. The number of methoxy groups -OCH3 is 1. The Labute approximate surface area is 173 Å². The molecular formula is C20H26O10. The molecule has 0 bridgehead atoms. The summed E-state index contributed by atoms with van der Waals surface area (Å²) in [6.07, 6.45) is -6.35. The Bertz CT molecular complexity index is 761. The number of hydrogen-bond acceptors (Lipinski definition) is 10. The maximum atomic E-state index is 12.5. The van der Waals surface area contributed by atoms with Gasteiger partial charge in [-0.15, -0.1) is 0 Å². The maximum Gasteiger partial charge on any atom is 0.379 e. The highest BCUT2D eigenvalue weighted by molar-refractivity contribution is 5.95. The molecule has 0 aliphatic carbocycles. The molecule has 10 nitrogen and oxygen atoms in total. The second kappa shape index (κ2) is 9.98. The van der Waals surface area contributed by atoms with E-state index in [4.69, 9.17) is 18.9 Å². The second-order valence-corrected chi connectivity index (χ2v) is 6.86. The number of hydrogen-bond donors (Lipinski definition) is 3. The van der Waals surface area contributed by atoms with Gasteiger partial charge in [-0.05, 0) is 24.3 Å². The van der Waals surface area contributed by atoms with E-state index in [1.54, 1.807) is 6.92 Å². The number of esters is 2. The number of ketones is 1. The van der Waals surface area contributed by atoms with Crippen LogP contribution in [0.25, 0.3) is 0 Å². The summed E-state index contributed by atoms with van der Waals surface area (Å²) >= 11 is 0. The summed E-state index contributed by atoms with van der Waals surface area (Å²) < 4.78 is 20.7. The molecule has 1 aromatic carbocycles. The first-order valence-electron chi connectivity index (χ1n) is 9.39. The van der Waals surface area contributed by atoms with E-state index in [0.29, 0.717) is 12.0 Å². The first-order valence-corrected chi connectivity index (χ1v) is 9.39. The second-order valence-electron chi connectivity index (χ2n) is 6.86. The molecule has 5 atom stereocenters. The number of carbonyl (C=O) groups is 3. The topological polar surface area (TPSA) is 149 Å². The molecule has 0 spiro atoms. The minimum atomic E-state index is -2.19. The van der Waals surface area contributed by atoms with Crippen LogP contribution in [0, 0.1) is 0 Å². The number of aliphatic hydroxyl groups excluding tert-OH is 3. The van der Waals surface area contributed by atoms with Crippen molar-refractivity contribution < 1.29 is 48.7 Å². The summed E-state index contributed by atoms with van der Waals surface area (Å²) in [5.41, 5.74) is 0.451. The summed E-state index contributed by atoms with van der Waals surface area (Å²) in [6.45, 7) is 2.33. The first-order chi connectivity index (χ1) is 14.1. The molecule has 0 aromatic heterocycles. The van der Waals surface area contributed by atoms with E-state index in [2.05, 4.69) is 0 Å². The van der Waals surface area contributed by atoms with Crippen LogP contribution in [0.5, 0.6) is 5.75 Å². The zero-order valence-corrected chi connectivity index (χ0v) is 16.9. The smallest absolute Gasteiger partial charge is 0.379 e. The van der Waals surface area contributed by atoms with Crippen LogP contribution < -0.4 is 4.74 Å². The van der Waals surface area contributed by atoms with Gasteiger partial charge in [0, 0.05) is 18.9 Å². The average Bonchev–Trinajstić information content (AvgIpc) is 2.73. The quantitative estimate of drug-likeness (QED) is 0.382. The highest BCUT2D eigenvalue weighted by Crippen LogP contribution is 2.35. The van der Waals surface area contributed by atoms with Crippen LogP contribution in [0.3, 0.4) is 0 Å². The molecule has 1 aliphatic heterocycles. The van der Waals surface area contributed by atoms with Crippen molar-refractivity contribution in [2.45, 2.75) is 56.9 Å². The molecule has 0 amide bonds. The molecule has 0 radical (unpaired) electrons. The van der Waals surface area contributed by atoms with Gasteiger partial charge in [0.1, 0.15) is 30.7 Å². The third-order valence-corrected chi connectivity index (χ3v) is 4.65. The lowest BCUT2D eigenvalue weighted by molar-refractivity contribution is -0.300. The molecule has 1 aromatic rings. The lowest BCUT2D eigenvalue weighted by Crippen LogP contribution is -2.64. The van der Waals surface area contributed by atoms with Gasteiger partial charge in [0.2, 0.25) is 0 Å². The fourth-order valence-corrected chi connectivity index (χ4v) is 3.05. The monoisotopic (exact) mass is 426 g/mol. The number of ether oxygens (including phenoxy) is 4. The molecule has 1 aliphatic rings. The van der Waals surface area contributed by atoms with E-state index in [0.717, 1.165) is 14.0 Å². The molecule has 2 rings (SSSR count). The van der Waals surface area contributed by atoms with E-state index >= 15 is 0 Å². The fourth-order valence-electron chi connectivity index (χ4n) is 3.05. The van der Waals surface area contributed by atoms with Crippen LogP contribution >= 0.6 is 0 Å². The highest BCUT2D eigenvalue weighted by Gasteiger charge is 2.56. The molecule has 3 N–H and O–H groups in total. The average molecular weight is 426 g/mol. The Morgan fingerprint density at radius 2 is 1.87 bits per heavy atom. The highest BCUT2D eigenvalue weighted by atomic mass is 16.7. The zero-order chi connectivity index (χ0) is 22.5. The number of carbonyl (C=O) groups excluding carboxylic acids is 3. The van der Waals surface area contributed by atoms with Crippen molar-refractivity contribution in [3.8, 4) is 5.75 Å². The summed E-state index contributed by atoms with van der Waals surface area (Å²) in [7, 11) is 1.08. The SMILES string of the molecule is CCC(=O)c1ccc(O[C@]2(C(=O)OC)C[C@@H](O)[C@@H](O)C([C@H](O)COC(C)=O)O2)cc1. The normalized spacial score (nSPS) is 27.1. The molecular weight excluding hydrogens is 400 g/mol. The van der Waals surface area contributed by atoms with Crippen LogP contribution in [0.4, 0.5) is 0 Å². The lowest BCUT2D eigenvalue weighted by Gasteiger charge is -2.44. The van der Waals surface area contributed by atoms with E-state index in [1.165, 1.54) is 24.3 Å². The maximum absolute atomic E-state index is 12.5. The van der Waals surface area contributed by atoms with Crippen molar-refractivity contribution in [3.05, 3.63) is 29.8 Å². The van der Waals surface area contributed by atoms with Crippen LogP contribution in [0.1, 0.15) is 37.0 Å². The third kappa shape index (κ3) is 5.33. The summed E-state index contributed by atoms with van der Waals surface area (Å²) in [5, 5.41) is 30.8. The van der Waals surface area contributed by atoms with Gasteiger partial charge in [-0.1, -0.05) is 6.92 Å². The van der Waals surface area contributed by atoms with Gasteiger partial charge >= 0.3 is 17.7 Å². The summed E-state index contributed by atoms with van der Waals surface area (Å²) in [4.78, 5) is 35.3. The molecule has 1 heterocycles. The Balaban J connectivity index is 2.30. The summed E-state index contributed by atoms with van der Waals surface area (Å²) in [5.74, 6) is -3.81. The number of rotatable bonds is 8. The molecule has 1 saturated heterocycles. The van der Waals surface area contributed by atoms with E-state index in [-0.39, 0.29) is 11.5 Å². The van der Waals surface area contributed by atoms with Crippen LogP contribution in [0.2, 0.25) is 0 Å². The summed E-state index contributed by atoms with van der Waals surface area (Å²) in [6, 6.07) is 5.90. The van der Waals surface area contributed by atoms with Gasteiger partial charge in [0.25, 0.3) is 0 Å². The predicted molar refractivity (Wildman–Crippen MR) is 101 cm³/mol.